The minimum Gasteiger partial charge on any atom is -0.497 e. The maximum atomic E-state index is 14.1. The quantitative estimate of drug-likeness (QED) is 0.0166. The van der Waals surface area contributed by atoms with Gasteiger partial charge in [-0.1, -0.05) is 42.5 Å². The maximum absolute atomic E-state index is 14.1. The number of rotatable bonds is 48. The van der Waals surface area contributed by atoms with Crippen molar-refractivity contribution < 1.29 is 77.3 Å². The molecule has 38 nitrogen and oxygen atoms in total. The van der Waals surface area contributed by atoms with E-state index in [0.717, 1.165) is 12.5 Å². The van der Waals surface area contributed by atoms with E-state index in [4.69, 9.17) is 50.6 Å². The summed E-state index contributed by atoms with van der Waals surface area (Å²) in [5.74, 6) is -11.7. The lowest BCUT2D eigenvalue weighted by atomic mass is 10.0. The van der Waals surface area contributed by atoms with Crippen LogP contribution in [0.3, 0.4) is 0 Å². The molecule has 0 heterocycles. The highest BCUT2D eigenvalue weighted by Gasteiger charge is 2.35. The molecule has 30 N–H and O–H groups in total. The highest BCUT2D eigenvalue weighted by Crippen LogP contribution is 2.14. The second-order valence-corrected chi connectivity index (χ2v) is 23.3. The van der Waals surface area contributed by atoms with E-state index in [1.807, 2.05) is 0 Å². The van der Waals surface area contributed by atoms with Crippen LogP contribution in [0.1, 0.15) is 96.1 Å². The van der Waals surface area contributed by atoms with E-state index < -0.39 is 170 Å². The summed E-state index contributed by atoms with van der Waals surface area (Å²) in [5.41, 5.74) is 45.9. The number of aliphatic hydroxyl groups excluding tert-OH is 2. The molecular weight excluding hydrogens is 1310 g/mol. The summed E-state index contributed by atoms with van der Waals surface area (Å²) in [5, 5.41) is 50.1. The molecule has 13 amide bonds. The molecule has 0 saturated carbocycles. The van der Waals surface area contributed by atoms with E-state index in [0.29, 0.717) is 37.1 Å². The Bertz CT molecular complexity index is 3060. The van der Waals surface area contributed by atoms with Gasteiger partial charge in [-0.05, 0) is 128 Å². The monoisotopic (exact) mass is 1410 g/mol. The summed E-state index contributed by atoms with van der Waals surface area (Å²) in [6.45, 7) is 1.15. The number of aliphatic imine (C=N–C) groups is 2. The van der Waals surface area contributed by atoms with Crippen molar-refractivity contribution in [2.24, 2.45) is 55.9 Å². The Morgan fingerprint density at radius 1 is 0.440 bits per heavy atom. The number of benzene rings is 2. The SMILES string of the molecule is COc1ccc(C[C@H](NC(=O)CNC(=O)CNC(=O)[C@@H](N)Cc2ccccc2)C(=O)N[C@H](C(=O)NCC(=O)N[C@@H](C)C(=O)N[C@@H](CCCN=C(N)N)C(=O)N[C@@H](CCCCN)C(=O)N[C@@H](CO)C(=O)N[C@@H](C)C(=O)N[C@@H](CCCN=C(N)N)C(=O)N[C@@H](CCCCN)C(N)=O)[C@@H](C)O)cc1. The molecule has 0 bridgehead atoms. The lowest BCUT2D eigenvalue weighted by Gasteiger charge is -2.26. The van der Waals surface area contributed by atoms with E-state index >= 15 is 0 Å². The zero-order valence-corrected chi connectivity index (χ0v) is 56.8. The number of hydrogen-bond donors (Lipinski definition) is 22. The van der Waals surface area contributed by atoms with Crippen molar-refractivity contribution in [2.75, 3.05) is 59.5 Å². The summed E-state index contributed by atoms with van der Waals surface area (Å²) in [7, 11) is 1.44. The number of ether oxygens (including phenoxy) is 1. The number of amides is 13. The van der Waals surface area contributed by atoms with Crippen molar-refractivity contribution in [3.05, 3.63) is 65.7 Å². The molecule has 0 fully saturated rings. The minimum atomic E-state index is -1.74. The molecule has 38 heteroatoms. The summed E-state index contributed by atoms with van der Waals surface area (Å²) in [4.78, 5) is 182. The molecule has 0 aliphatic heterocycles. The third-order valence-electron chi connectivity index (χ3n) is 14.9. The van der Waals surface area contributed by atoms with Gasteiger partial charge >= 0.3 is 0 Å². The van der Waals surface area contributed by atoms with Gasteiger partial charge in [0.05, 0.1) is 45.5 Å². The van der Waals surface area contributed by atoms with Crippen molar-refractivity contribution in [3.63, 3.8) is 0 Å². The van der Waals surface area contributed by atoms with Gasteiger partial charge in [0.2, 0.25) is 76.8 Å². The smallest absolute Gasteiger partial charge is 0.245 e. The largest absolute Gasteiger partial charge is 0.497 e. The van der Waals surface area contributed by atoms with Crippen LogP contribution >= 0.6 is 0 Å². The lowest BCUT2D eigenvalue weighted by molar-refractivity contribution is -0.136. The first-order valence-corrected chi connectivity index (χ1v) is 32.5. The molecule has 0 aliphatic carbocycles. The van der Waals surface area contributed by atoms with Crippen LogP contribution < -0.4 is 114 Å². The van der Waals surface area contributed by atoms with Crippen molar-refractivity contribution in [1.29, 1.82) is 0 Å². The predicted octanol–water partition coefficient (Wildman–Crippen LogP) is -9.22. The fourth-order valence-corrected chi connectivity index (χ4v) is 9.32. The molecule has 556 valence electrons. The first-order chi connectivity index (χ1) is 47.4. The average molecular weight is 1410 g/mol. The number of carbonyl (C=O) groups is 13. The molecule has 100 heavy (non-hydrogen) atoms. The average Bonchev–Trinajstić information content (AvgIpc) is 0.877. The Balaban J connectivity index is 2.20. The molecule has 0 radical (unpaired) electrons. The normalized spacial score (nSPS) is 14.1. The third kappa shape index (κ3) is 34.3. The zero-order chi connectivity index (χ0) is 74.9. The van der Waals surface area contributed by atoms with E-state index in [1.54, 1.807) is 54.6 Å². The summed E-state index contributed by atoms with van der Waals surface area (Å²) in [6, 6.07) is 1.31. The van der Waals surface area contributed by atoms with Crippen LogP contribution in [0.5, 0.6) is 5.75 Å². The number of unbranched alkanes of at least 4 members (excludes halogenated alkanes) is 2. The van der Waals surface area contributed by atoms with Crippen LogP contribution in [0.25, 0.3) is 0 Å². The van der Waals surface area contributed by atoms with E-state index in [2.05, 4.69) is 73.8 Å². The molecule has 0 aliphatic rings. The topological polar surface area (TPSA) is 649 Å². The number of guanidine groups is 2. The van der Waals surface area contributed by atoms with Gasteiger partial charge in [0.25, 0.3) is 0 Å². The fraction of sp³-hybridized carbons (Fsp3) is 0.565. The molecule has 0 aromatic heterocycles. The Labute approximate surface area is 579 Å². The highest BCUT2D eigenvalue weighted by atomic mass is 16.5. The van der Waals surface area contributed by atoms with E-state index in [-0.39, 0.29) is 89.3 Å². The van der Waals surface area contributed by atoms with E-state index in [1.165, 1.54) is 21.0 Å². The van der Waals surface area contributed by atoms with Crippen LogP contribution in [0.4, 0.5) is 0 Å². The highest BCUT2D eigenvalue weighted by molar-refractivity contribution is 5.99. The number of methoxy groups -OCH3 is 1. The van der Waals surface area contributed by atoms with Gasteiger partial charge in [0.1, 0.15) is 60.1 Å². The van der Waals surface area contributed by atoms with Gasteiger partial charge in [0, 0.05) is 19.5 Å². The summed E-state index contributed by atoms with van der Waals surface area (Å²) >= 11 is 0. The molecule has 2 aromatic carbocycles. The van der Waals surface area contributed by atoms with Crippen molar-refractivity contribution in [3.8, 4) is 5.75 Å². The standard InChI is InChI=1S/C62H102N22O16/c1-34(76-48(88)32-75-60(99)50(36(3)86)84-58(97)45(29-38-20-22-39(100-4)23-21-38)78-49(89)31-73-47(87)30-74-54(93)40(65)28-37-14-6-5-7-15-37)52(91)80-44(19-13-27-72-62(69)70)56(95)82-42(17-9-11-25-64)57(96)83-46(33-85)59(98)77-35(2)53(92)81-43(18-12-26-71-61(67)68)55(94)79-41(51(66)90)16-8-10-24-63/h5-7,14-15,20-23,34-36,40-46,50,85-86H,8-13,16-19,24-33,63-65H2,1-4H3,(H2,66,90)(H,73,87)(H,74,93)(H,75,99)(H,76,88)(H,77,98)(H,78,89)(H,79,94)(H,80,91)(H,81,92)(H,82,95)(H,83,96)(H,84,97)(H4,67,68,71)(H4,69,70,72)/t34-,35-,36+,40-,41-,42-,43-,44-,45-,46-,50-/m0/s1. The van der Waals surface area contributed by atoms with E-state index in [9.17, 15) is 72.5 Å². The first kappa shape index (κ1) is 85.8. The summed E-state index contributed by atoms with van der Waals surface area (Å²) < 4.78 is 5.21. The van der Waals surface area contributed by atoms with Crippen molar-refractivity contribution >= 4 is 88.7 Å². The van der Waals surface area contributed by atoms with Gasteiger partial charge in [-0.2, -0.15) is 0 Å². The molecule has 2 aromatic rings. The summed E-state index contributed by atoms with van der Waals surface area (Å²) in [6.07, 6.45) is 0.133. The van der Waals surface area contributed by atoms with Gasteiger partial charge in [0.15, 0.2) is 11.9 Å². The number of aliphatic hydroxyl groups is 2. The number of primary amides is 1. The lowest BCUT2D eigenvalue weighted by Crippen LogP contribution is -2.60. The molecule has 11 atom stereocenters. The Hall–Kier alpha value is -10.3. The van der Waals surface area contributed by atoms with Crippen LogP contribution in [-0.4, -0.2) is 225 Å². The minimum absolute atomic E-state index is 0.0293. The number of nitrogens with one attached hydrogen (secondary N) is 12. The number of nitrogens with zero attached hydrogens (tertiary/aromatic N) is 2. The van der Waals surface area contributed by atoms with Crippen LogP contribution in [0, 0.1) is 0 Å². The van der Waals surface area contributed by atoms with Crippen LogP contribution in [0.15, 0.2) is 64.6 Å². The number of nitrogens with two attached hydrogens (primary N) is 8. The molecular formula is C62H102N22O16. The first-order valence-electron chi connectivity index (χ1n) is 32.5. The molecule has 2 rings (SSSR count). The zero-order valence-electron chi connectivity index (χ0n) is 56.8. The van der Waals surface area contributed by atoms with Gasteiger partial charge in [-0.3, -0.25) is 72.3 Å². The Morgan fingerprint density at radius 2 is 0.860 bits per heavy atom. The van der Waals surface area contributed by atoms with Gasteiger partial charge in [-0.15, -0.1) is 0 Å². The molecule has 0 saturated heterocycles. The second-order valence-electron chi connectivity index (χ2n) is 23.3. The Kier molecular flexibility index (Phi) is 40.2. The maximum Gasteiger partial charge on any atom is 0.245 e. The second kappa shape index (κ2) is 46.8. The van der Waals surface area contributed by atoms with Crippen molar-refractivity contribution in [1.82, 2.24) is 63.8 Å². The third-order valence-corrected chi connectivity index (χ3v) is 14.9. The van der Waals surface area contributed by atoms with Crippen molar-refractivity contribution in [2.45, 2.75) is 164 Å². The number of carbonyl (C=O) groups excluding carboxylic acids is 13. The predicted molar refractivity (Wildman–Crippen MR) is 366 cm³/mol. The van der Waals surface area contributed by atoms with Crippen LogP contribution in [-0.2, 0) is 75.2 Å². The van der Waals surface area contributed by atoms with Crippen LogP contribution in [0.2, 0.25) is 0 Å². The molecule has 0 spiro atoms. The Morgan fingerprint density at radius 3 is 1.35 bits per heavy atom. The number of hydrogen-bond acceptors (Lipinski definition) is 21. The van der Waals surface area contributed by atoms with Gasteiger partial charge < -0.3 is 125 Å². The van der Waals surface area contributed by atoms with Gasteiger partial charge in [-0.25, -0.2) is 0 Å². The molecule has 0 unspecified atom stereocenters. The fourth-order valence-electron chi connectivity index (χ4n) is 9.32.